The van der Waals surface area contributed by atoms with E-state index in [4.69, 9.17) is 19.3 Å². The Hall–Kier alpha value is -2.64. The molecule has 1 fully saturated rings. The molecule has 0 bridgehead atoms. The number of aliphatic carboxylic acids is 1. The predicted octanol–water partition coefficient (Wildman–Crippen LogP) is 2.04. The van der Waals surface area contributed by atoms with E-state index < -0.39 is 11.9 Å². The number of hydrogen-bond acceptors (Lipinski definition) is 5. The van der Waals surface area contributed by atoms with Crippen molar-refractivity contribution in [2.75, 3.05) is 39.7 Å². The first kappa shape index (κ1) is 17.7. The molecule has 1 saturated heterocycles. The zero-order valence-electron chi connectivity index (χ0n) is 14.0. The van der Waals surface area contributed by atoms with Crippen LogP contribution in [0.2, 0.25) is 0 Å². The van der Waals surface area contributed by atoms with E-state index in [1.54, 1.807) is 12.1 Å². The lowest BCUT2D eigenvalue weighted by Crippen LogP contribution is -2.44. The molecule has 2 rings (SSSR count). The van der Waals surface area contributed by atoms with E-state index in [1.165, 1.54) is 26.2 Å². The van der Waals surface area contributed by atoms with Crippen molar-refractivity contribution in [2.24, 2.45) is 5.92 Å². The normalized spacial score (nSPS) is 17.1. The fourth-order valence-corrected chi connectivity index (χ4v) is 2.72. The maximum Gasteiger partial charge on any atom is 0.321 e. The molecule has 0 aliphatic carbocycles. The minimum Gasteiger partial charge on any atom is -0.493 e. The molecular formula is C16H22N2O6. The van der Waals surface area contributed by atoms with Crippen molar-refractivity contribution < 1.29 is 28.9 Å². The smallest absolute Gasteiger partial charge is 0.321 e. The second-order valence-corrected chi connectivity index (χ2v) is 5.47. The number of rotatable bonds is 5. The number of benzene rings is 1. The molecule has 1 aliphatic rings. The summed E-state index contributed by atoms with van der Waals surface area (Å²) in [6, 6.07) is 2.89. The minimum absolute atomic E-state index is 0.200. The SMILES string of the molecule is COc1cc(NC(=O)N2CCCC(C(=O)O)C2)cc(OC)c1OC. The van der Waals surface area contributed by atoms with Crippen LogP contribution in [-0.2, 0) is 4.79 Å². The first-order valence-electron chi connectivity index (χ1n) is 7.58. The monoisotopic (exact) mass is 338 g/mol. The van der Waals surface area contributed by atoms with Crippen LogP contribution in [0.3, 0.4) is 0 Å². The van der Waals surface area contributed by atoms with Gasteiger partial charge in [-0.3, -0.25) is 4.79 Å². The number of piperidine rings is 1. The van der Waals surface area contributed by atoms with Crippen molar-refractivity contribution in [2.45, 2.75) is 12.8 Å². The molecule has 0 aromatic heterocycles. The van der Waals surface area contributed by atoms with Gasteiger partial charge in [0.25, 0.3) is 0 Å². The Morgan fingerprint density at radius 1 is 1.17 bits per heavy atom. The molecule has 2 N–H and O–H groups in total. The average molecular weight is 338 g/mol. The van der Waals surface area contributed by atoms with E-state index in [0.717, 1.165) is 0 Å². The van der Waals surface area contributed by atoms with Crippen LogP contribution >= 0.6 is 0 Å². The van der Waals surface area contributed by atoms with Gasteiger partial charge in [-0.15, -0.1) is 0 Å². The zero-order valence-corrected chi connectivity index (χ0v) is 14.0. The van der Waals surface area contributed by atoms with Gasteiger partial charge in [0.05, 0.1) is 32.9 Å². The Bertz CT molecular complexity index is 594. The second kappa shape index (κ2) is 7.76. The largest absolute Gasteiger partial charge is 0.493 e. The third-order valence-corrected chi connectivity index (χ3v) is 3.97. The summed E-state index contributed by atoms with van der Waals surface area (Å²) in [6.45, 7) is 0.728. The molecule has 1 aliphatic heterocycles. The number of hydrogen-bond donors (Lipinski definition) is 2. The molecule has 2 amide bonds. The van der Waals surface area contributed by atoms with Crippen molar-refractivity contribution in [1.29, 1.82) is 0 Å². The number of carbonyl (C=O) groups excluding carboxylic acids is 1. The number of carbonyl (C=O) groups is 2. The van der Waals surface area contributed by atoms with E-state index in [0.29, 0.717) is 42.3 Å². The number of nitrogens with zero attached hydrogens (tertiary/aromatic N) is 1. The summed E-state index contributed by atoms with van der Waals surface area (Å²) in [7, 11) is 4.48. The molecule has 0 spiro atoms. The lowest BCUT2D eigenvalue weighted by atomic mass is 9.99. The standard InChI is InChI=1S/C16H22N2O6/c1-22-12-7-11(8-13(23-2)14(12)24-3)17-16(21)18-6-4-5-10(9-18)15(19)20/h7-8,10H,4-6,9H2,1-3H3,(H,17,21)(H,19,20). The van der Waals surface area contributed by atoms with Gasteiger partial charge < -0.3 is 29.5 Å². The van der Waals surface area contributed by atoms with Crippen molar-refractivity contribution in [1.82, 2.24) is 4.90 Å². The number of likely N-dealkylation sites (tertiary alicyclic amines) is 1. The molecule has 1 heterocycles. The number of carboxylic acids is 1. The lowest BCUT2D eigenvalue weighted by Gasteiger charge is -2.30. The first-order chi connectivity index (χ1) is 11.5. The molecule has 1 aromatic carbocycles. The van der Waals surface area contributed by atoms with E-state index in [1.807, 2.05) is 0 Å². The highest BCUT2D eigenvalue weighted by atomic mass is 16.5. The van der Waals surface area contributed by atoms with Crippen LogP contribution in [0.4, 0.5) is 10.5 Å². The summed E-state index contributed by atoms with van der Waals surface area (Å²) < 4.78 is 15.7. The molecule has 8 heteroatoms. The van der Waals surface area contributed by atoms with Gasteiger partial charge in [-0.1, -0.05) is 0 Å². The lowest BCUT2D eigenvalue weighted by molar-refractivity contribution is -0.143. The molecular weight excluding hydrogens is 316 g/mol. The summed E-state index contributed by atoms with van der Waals surface area (Å²) in [6.07, 6.45) is 1.25. The number of anilines is 1. The Labute approximate surface area is 140 Å². The molecule has 132 valence electrons. The summed E-state index contributed by atoms with van der Waals surface area (Å²) >= 11 is 0. The van der Waals surface area contributed by atoms with Gasteiger partial charge in [0.1, 0.15) is 0 Å². The topological polar surface area (TPSA) is 97.3 Å². The number of carboxylic acid groups (broad SMARTS) is 1. The van der Waals surface area contributed by atoms with E-state index in [-0.39, 0.29) is 12.6 Å². The van der Waals surface area contributed by atoms with E-state index >= 15 is 0 Å². The Morgan fingerprint density at radius 3 is 2.29 bits per heavy atom. The third-order valence-electron chi connectivity index (χ3n) is 3.97. The van der Waals surface area contributed by atoms with E-state index in [2.05, 4.69) is 5.32 Å². The van der Waals surface area contributed by atoms with E-state index in [9.17, 15) is 9.59 Å². The number of ether oxygens (including phenoxy) is 3. The van der Waals surface area contributed by atoms with Gasteiger partial charge in [0.15, 0.2) is 11.5 Å². The average Bonchev–Trinajstić information content (AvgIpc) is 2.60. The molecule has 1 unspecified atom stereocenters. The third kappa shape index (κ3) is 3.81. The van der Waals surface area contributed by atoms with Gasteiger partial charge in [0.2, 0.25) is 5.75 Å². The number of methoxy groups -OCH3 is 3. The Kier molecular flexibility index (Phi) is 5.73. The second-order valence-electron chi connectivity index (χ2n) is 5.47. The molecule has 8 nitrogen and oxygen atoms in total. The zero-order chi connectivity index (χ0) is 17.7. The van der Waals surface area contributed by atoms with Crippen LogP contribution in [0.15, 0.2) is 12.1 Å². The van der Waals surface area contributed by atoms with Gasteiger partial charge in [-0.25, -0.2) is 4.79 Å². The van der Waals surface area contributed by atoms with Crippen LogP contribution < -0.4 is 19.5 Å². The number of nitrogens with one attached hydrogen (secondary N) is 1. The predicted molar refractivity (Wildman–Crippen MR) is 87.0 cm³/mol. The van der Waals surface area contributed by atoms with Gasteiger partial charge in [-0.2, -0.15) is 0 Å². The highest BCUT2D eigenvalue weighted by Crippen LogP contribution is 2.40. The van der Waals surface area contributed by atoms with Crippen LogP contribution in [-0.4, -0.2) is 56.4 Å². The summed E-state index contributed by atoms with van der Waals surface area (Å²) in [4.78, 5) is 25.0. The summed E-state index contributed by atoms with van der Waals surface area (Å²) in [5.41, 5.74) is 0.479. The fraction of sp³-hybridized carbons (Fsp3) is 0.500. The summed E-state index contributed by atoms with van der Waals surface area (Å²) in [5, 5.41) is 11.9. The highest BCUT2D eigenvalue weighted by molar-refractivity contribution is 5.90. The quantitative estimate of drug-likeness (QED) is 0.853. The fourth-order valence-electron chi connectivity index (χ4n) is 2.72. The van der Waals surface area contributed by atoms with Gasteiger partial charge in [0, 0.05) is 25.2 Å². The van der Waals surface area contributed by atoms with Gasteiger partial charge >= 0.3 is 12.0 Å². The molecule has 1 aromatic rings. The minimum atomic E-state index is -0.875. The van der Waals surface area contributed by atoms with Crippen molar-refractivity contribution >= 4 is 17.7 Å². The maximum atomic E-state index is 12.4. The van der Waals surface area contributed by atoms with Crippen LogP contribution in [0.25, 0.3) is 0 Å². The molecule has 1 atom stereocenters. The molecule has 0 radical (unpaired) electrons. The Morgan fingerprint density at radius 2 is 1.79 bits per heavy atom. The maximum absolute atomic E-state index is 12.4. The number of urea groups is 1. The van der Waals surface area contributed by atoms with Crippen molar-refractivity contribution in [3.8, 4) is 17.2 Å². The summed E-state index contributed by atoms with van der Waals surface area (Å²) in [5.74, 6) is -0.116. The highest BCUT2D eigenvalue weighted by Gasteiger charge is 2.28. The van der Waals surface area contributed by atoms with Crippen LogP contribution in [0.5, 0.6) is 17.2 Å². The van der Waals surface area contributed by atoms with Crippen molar-refractivity contribution in [3.63, 3.8) is 0 Å². The van der Waals surface area contributed by atoms with Gasteiger partial charge in [-0.05, 0) is 12.8 Å². The molecule has 0 saturated carbocycles. The van der Waals surface area contributed by atoms with Crippen molar-refractivity contribution in [3.05, 3.63) is 12.1 Å². The molecule has 24 heavy (non-hydrogen) atoms. The van der Waals surface area contributed by atoms with Crippen LogP contribution in [0.1, 0.15) is 12.8 Å². The number of amides is 2. The first-order valence-corrected chi connectivity index (χ1v) is 7.58. The Balaban J connectivity index is 2.15. The van der Waals surface area contributed by atoms with Crippen LogP contribution in [0, 0.1) is 5.92 Å².